The zero-order chi connectivity index (χ0) is 65.0. The van der Waals surface area contributed by atoms with Crippen LogP contribution < -0.4 is 0 Å². The number of unbranched alkanes of at least 4 members (excludes halogenated alkanes) is 32. The van der Waals surface area contributed by atoms with Gasteiger partial charge in [-0.1, -0.05) is 271 Å². The lowest BCUT2D eigenvalue weighted by Gasteiger charge is -2.21. The average molecular weight is 1290 g/mol. The molecule has 0 aliphatic rings. The third-order valence-electron chi connectivity index (χ3n) is 15.7. The number of phosphoric acid groups is 2. The van der Waals surface area contributed by atoms with Crippen LogP contribution in [-0.4, -0.2) is 96.7 Å². The first-order valence-electron chi connectivity index (χ1n) is 35.3. The van der Waals surface area contributed by atoms with Crippen LogP contribution in [-0.2, 0) is 65.4 Å². The average Bonchev–Trinajstić information content (AvgIpc) is 3.70. The van der Waals surface area contributed by atoms with Crippen molar-refractivity contribution in [3.63, 3.8) is 0 Å². The molecule has 0 aromatic heterocycles. The smallest absolute Gasteiger partial charge is 0.462 e. The molecule has 3 N–H and O–H groups in total. The van der Waals surface area contributed by atoms with Crippen LogP contribution in [0.3, 0.4) is 0 Å². The number of aliphatic hydroxyl groups is 1. The van der Waals surface area contributed by atoms with Crippen molar-refractivity contribution in [1.82, 2.24) is 0 Å². The van der Waals surface area contributed by atoms with Crippen LogP contribution in [0.4, 0.5) is 0 Å². The van der Waals surface area contributed by atoms with Gasteiger partial charge in [0.05, 0.1) is 26.4 Å². The van der Waals surface area contributed by atoms with Gasteiger partial charge >= 0.3 is 39.5 Å². The highest BCUT2D eigenvalue weighted by atomic mass is 31.2. The first kappa shape index (κ1) is 85.5. The van der Waals surface area contributed by atoms with Gasteiger partial charge in [0.2, 0.25) is 0 Å². The lowest BCUT2D eigenvalue weighted by atomic mass is 9.99. The van der Waals surface area contributed by atoms with Crippen LogP contribution in [0, 0.1) is 11.8 Å². The Morgan fingerprint density at radius 1 is 0.375 bits per heavy atom. The van der Waals surface area contributed by atoms with Crippen LogP contribution in [0.1, 0.15) is 324 Å². The monoisotopic (exact) mass is 1290 g/mol. The minimum Gasteiger partial charge on any atom is -0.462 e. The van der Waals surface area contributed by atoms with Gasteiger partial charge in [0.25, 0.3) is 0 Å². The van der Waals surface area contributed by atoms with E-state index in [1.807, 2.05) is 0 Å². The molecule has 0 heterocycles. The molecule has 0 aliphatic heterocycles. The molecule has 0 bridgehead atoms. The third-order valence-corrected chi connectivity index (χ3v) is 17.6. The quantitative estimate of drug-likeness (QED) is 0.0169. The lowest BCUT2D eigenvalue weighted by molar-refractivity contribution is -0.161. The van der Waals surface area contributed by atoms with Crippen molar-refractivity contribution in [1.29, 1.82) is 0 Å². The maximum absolute atomic E-state index is 13.0. The van der Waals surface area contributed by atoms with E-state index in [1.165, 1.54) is 122 Å². The Bertz CT molecular complexity index is 1810. The molecule has 0 amide bonds. The minimum atomic E-state index is -4.96. The number of allylic oxidation sites excluding steroid dienone is 4. The number of hydrogen-bond donors (Lipinski definition) is 3. The highest BCUT2D eigenvalue weighted by Crippen LogP contribution is 2.45. The predicted octanol–water partition coefficient (Wildman–Crippen LogP) is 19.2. The number of rotatable bonds is 66. The molecule has 0 fully saturated rings. The second-order valence-corrected chi connectivity index (χ2v) is 27.9. The molecule has 88 heavy (non-hydrogen) atoms. The van der Waals surface area contributed by atoms with E-state index in [1.54, 1.807) is 0 Å². The first-order chi connectivity index (χ1) is 42.4. The van der Waals surface area contributed by atoms with Gasteiger partial charge in [-0.3, -0.25) is 37.3 Å². The third kappa shape index (κ3) is 61.1. The Labute approximate surface area is 535 Å². The summed E-state index contributed by atoms with van der Waals surface area (Å²) in [6, 6.07) is 0. The molecule has 6 atom stereocenters. The molecule has 3 unspecified atom stereocenters. The number of ether oxygens (including phenoxy) is 4. The summed E-state index contributed by atoms with van der Waals surface area (Å²) in [6.45, 7) is 9.43. The maximum Gasteiger partial charge on any atom is 0.472 e. The molecule has 518 valence electrons. The summed E-state index contributed by atoms with van der Waals surface area (Å²) >= 11 is 0. The molecule has 0 aliphatic carbocycles. The van der Waals surface area contributed by atoms with Crippen molar-refractivity contribution in [3.8, 4) is 0 Å². The lowest BCUT2D eigenvalue weighted by Crippen LogP contribution is -2.30. The van der Waals surface area contributed by atoms with Crippen molar-refractivity contribution in [2.75, 3.05) is 39.6 Å². The Morgan fingerprint density at radius 3 is 1.02 bits per heavy atom. The Hall–Kier alpha value is -2.46. The maximum atomic E-state index is 13.0. The fraction of sp³-hybridized carbons (Fsp3) is 0.884. The molecule has 0 saturated carbocycles. The van der Waals surface area contributed by atoms with Gasteiger partial charge < -0.3 is 33.8 Å². The second kappa shape index (κ2) is 60.8. The van der Waals surface area contributed by atoms with E-state index in [2.05, 4.69) is 65.8 Å². The van der Waals surface area contributed by atoms with Gasteiger partial charge in [-0.15, -0.1) is 0 Å². The molecular weight excluding hydrogens is 1160 g/mol. The van der Waals surface area contributed by atoms with Gasteiger partial charge in [-0.25, -0.2) is 9.13 Å². The van der Waals surface area contributed by atoms with E-state index in [-0.39, 0.29) is 25.7 Å². The van der Waals surface area contributed by atoms with E-state index in [0.29, 0.717) is 25.7 Å². The first-order valence-corrected chi connectivity index (χ1v) is 38.3. The Balaban J connectivity index is 5.28. The summed E-state index contributed by atoms with van der Waals surface area (Å²) < 4.78 is 68.1. The number of esters is 4. The van der Waals surface area contributed by atoms with Gasteiger partial charge in [0.15, 0.2) is 12.2 Å². The van der Waals surface area contributed by atoms with Crippen LogP contribution >= 0.6 is 15.6 Å². The van der Waals surface area contributed by atoms with Gasteiger partial charge in [0, 0.05) is 25.7 Å². The standard InChI is InChI=1S/C69H130O17P2/c1-7-10-12-14-16-18-19-20-21-22-23-28-35-41-47-53-68(73)85-65(58-80-67(72)52-46-40-34-27-25-24-26-31-37-43-49-61(4)5)60-84-88(77,78)82-56-63(70)55-81-87(75,76)83-59-64(57-79-66(71)51-45-39-33-17-15-13-11-8-2)86-69(74)54-48-42-36-30-29-32-38-44-50-62(6)9-3/h18-21,61-65,70H,7-17,22-60H2,1-6H3,(H,75,76)(H,77,78)/b19-18-,21-20-/t62?,63-,64+,65+/m0/s1. The number of carbonyl (C=O) groups is 4. The van der Waals surface area contributed by atoms with Crippen molar-refractivity contribution in [3.05, 3.63) is 24.3 Å². The van der Waals surface area contributed by atoms with Gasteiger partial charge in [-0.05, 0) is 63.2 Å². The number of carbonyl (C=O) groups excluding carboxylic acids is 4. The Kier molecular flexibility index (Phi) is 59.1. The second-order valence-electron chi connectivity index (χ2n) is 24.9. The zero-order valence-corrected chi connectivity index (χ0v) is 58.3. The molecule has 19 heteroatoms. The van der Waals surface area contributed by atoms with Crippen LogP contribution in [0.5, 0.6) is 0 Å². The highest BCUT2D eigenvalue weighted by molar-refractivity contribution is 7.47. The fourth-order valence-corrected chi connectivity index (χ4v) is 11.4. The summed E-state index contributed by atoms with van der Waals surface area (Å²) in [5, 5.41) is 10.6. The predicted molar refractivity (Wildman–Crippen MR) is 354 cm³/mol. The summed E-state index contributed by atoms with van der Waals surface area (Å²) in [5.41, 5.74) is 0. The fourth-order valence-electron chi connectivity index (χ4n) is 9.84. The molecule has 0 rings (SSSR count). The topological polar surface area (TPSA) is 237 Å². The van der Waals surface area contributed by atoms with E-state index >= 15 is 0 Å². The SMILES string of the molecule is CCCCCC/C=C\C=C/CCCCCCCC(=O)O[C@H](COC(=O)CCCCCCCCCCCCC(C)C)COP(=O)(O)OC[C@@H](O)COP(=O)(O)OC[C@@H](COC(=O)CCCCCCCCCC)OC(=O)CCCCCCCCCCC(C)CC. The normalized spacial score (nSPS) is 14.7. The van der Waals surface area contributed by atoms with Crippen molar-refractivity contribution < 1.29 is 80.2 Å². The largest absolute Gasteiger partial charge is 0.472 e. The van der Waals surface area contributed by atoms with Gasteiger partial charge in [-0.2, -0.15) is 0 Å². The molecule has 0 radical (unpaired) electrons. The van der Waals surface area contributed by atoms with Crippen molar-refractivity contribution in [2.45, 2.75) is 342 Å². The van der Waals surface area contributed by atoms with E-state index in [4.69, 9.17) is 37.0 Å². The minimum absolute atomic E-state index is 0.0845. The Morgan fingerprint density at radius 2 is 0.670 bits per heavy atom. The van der Waals surface area contributed by atoms with Crippen LogP contribution in [0.15, 0.2) is 24.3 Å². The molecule has 0 aromatic rings. The summed E-state index contributed by atoms with van der Waals surface area (Å²) in [5.74, 6) is -0.636. The number of hydrogen-bond acceptors (Lipinski definition) is 15. The van der Waals surface area contributed by atoms with E-state index in [9.17, 15) is 43.2 Å². The summed E-state index contributed by atoms with van der Waals surface area (Å²) in [7, 11) is -9.91. The molecule has 0 aromatic carbocycles. The summed E-state index contributed by atoms with van der Waals surface area (Å²) in [6.07, 6.45) is 48.0. The molecule has 17 nitrogen and oxygen atoms in total. The van der Waals surface area contributed by atoms with Crippen LogP contribution in [0.2, 0.25) is 0 Å². The van der Waals surface area contributed by atoms with Crippen LogP contribution in [0.25, 0.3) is 0 Å². The molecular formula is C69H130O17P2. The van der Waals surface area contributed by atoms with Gasteiger partial charge in [0.1, 0.15) is 19.3 Å². The number of phosphoric ester groups is 2. The number of aliphatic hydroxyl groups excluding tert-OH is 1. The highest BCUT2D eigenvalue weighted by Gasteiger charge is 2.30. The molecule has 0 saturated heterocycles. The van der Waals surface area contributed by atoms with E-state index in [0.717, 1.165) is 121 Å². The van der Waals surface area contributed by atoms with Crippen molar-refractivity contribution >= 4 is 39.5 Å². The van der Waals surface area contributed by atoms with E-state index < -0.39 is 97.5 Å². The summed E-state index contributed by atoms with van der Waals surface area (Å²) in [4.78, 5) is 72.4. The zero-order valence-electron chi connectivity index (χ0n) is 56.5. The molecule has 0 spiro atoms. The van der Waals surface area contributed by atoms with Crippen molar-refractivity contribution in [2.24, 2.45) is 11.8 Å².